The number of hydrogen-bond donors (Lipinski definition) is 3. The molecule has 0 bridgehead atoms. The van der Waals surface area contributed by atoms with E-state index in [1.807, 2.05) is 0 Å². The van der Waals surface area contributed by atoms with Crippen molar-refractivity contribution in [3.05, 3.63) is 60.7 Å². The molecule has 23 heavy (non-hydrogen) atoms. The van der Waals surface area contributed by atoms with Gasteiger partial charge < -0.3 is 5.32 Å². The lowest BCUT2D eigenvalue weighted by molar-refractivity contribution is -0.125. The fraction of sp³-hybridized carbons (Fsp3) is 0.0667. The molecule has 0 radical (unpaired) electrons. The Morgan fingerprint density at radius 1 is 0.783 bits per heavy atom. The van der Waals surface area contributed by atoms with E-state index in [0.29, 0.717) is 11.4 Å². The highest BCUT2D eigenvalue weighted by molar-refractivity contribution is 7.91. The van der Waals surface area contributed by atoms with Crippen molar-refractivity contribution in [2.75, 3.05) is 10.0 Å². The Bertz CT molecular complexity index is 777. The minimum Gasteiger partial charge on any atom is -0.326 e. The van der Waals surface area contributed by atoms with Gasteiger partial charge in [0, 0.05) is 5.69 Å². The smallest absolute Gasteiger partial charge is 0.323 e. The quantitative estimate of drug-likeness (QED) is 0.697. The largest absolute Gasteiger partial charge is 0.326 e. The molecule has 0 saturated carbocycles. The minimum atomic E-state index is -4.08. The van der Waals surface area contributed by atoms with E-state index in [4.69, 9.17) is 0 Å². The summed E-state index contributed by atoms with van der Waals surface area (Å²) in [7, 11) is -4.08. The Morgan fingerprint density at radius 3 is 1.87 bits per heavy atom. The molecule has 0 aliphatic heterocycles. The van der Waals surface area contributed by atoms with Gasteiger partial charge in [-0.25, -0.2) is 4.72 Å². The molecule has 0 aliphatic carbocycles. The van der Waals surface area contributed by atoms with Crippen molar-refractivity contribution in [3.8, 4) is 0 Å². The summed E-state index contributed by atoms with van der Waals surface area (Å²) in [5.41, 5.74) is 0.831. The van der Waals surface area contributed by atoms with E-state index in [-0.39, 0.29) is 0 Å². The molecule has 0 aromatic heterocycles. The highest BCUT2D eigenvalue weighted by Gasteiger charge is 2.17. The molecule has 120 valence electrons. The van der Waals surface area contributed by atoms with E-state index in [9.17, 15) is 18.0 Å². The van der Waals surface area contributed by atoms with E-state index < -0.39 is 28.4 Å². The first kappa shape index (κ1) is 16.5. The molecule has 2 aromatic carbocycles. The van der Waals surface area contributed by atoms with Crippen LogP contribution >= 0.6 is 0 Å². The number of anilines is 2. The summed E-state index contributed by atoms with van der Waals surface area (Å²) in [6.07, 6.45) is -0.607. The highest BCUT2D eigenvalue weighted by atomic mass is 32.2. The standard InChI is InChI=1S/C15H15N3O4S/c19-14(16-12-7-3-1-4-8-12)11-15(20)18-23(21,22)17-13-9-5-2-6-10-13/h1-10,17H,11H2,(H,16,19)(H,18,20). The molecule has 7 nitrogen and oxygen atoms in total. The third-order valence-electron chi connectivity index (χ3n) is 2.65. The van der Waals surface area contributed by atoms with Crippen molar-refractivity contribution in [1.82, 2.24) is 4.72 Å². The lowest BCUT2D eigenvalue weighted by Crippen LogP contribution is -2.37. The van der Waals surface area contributed by atoms with Gasteiger partial charge in [0.1, 0.15) is 6.42 Å². The monoisotopic (exact) mass is 333 g/mol. The number of carbonyl (C=O) groups is 2. The van der Waals surface area contributed by atoms with Gasteiger partial charge in [-0.05, 0) is 24.3 Å². The third kappa shape index (κ3) is 5.79. The summed E-state index contributed by atoms with van der Waals surface area (Å²) < 4.78 is 27.5. The average Bonchev–Trinajstić information content (AvgIpc) is 2.47. The third-order valence-corrected chi connectivity index (χ3v) is 3.65. The van der Waals surface area contributed by atoms with Gasteiger partial charge in [0.15, 0.2) is 0 Å². The fourth-order valence-electron chi connectivity index (χ4n) is 1.75. The van der Waals surface area contributed by atoms with Gasteiger partial charge in [-0.1, -0.05) is 36.4 Å². The number of rotatable bonds is 6. The number of nitrogens with one attached hydrogen (secondary N) is 3. The van der Waals surface area contributed by atoms with Crippen LogP contribution in [0, 0.1) is 0 Å². The maximum atomic E-state index is 11.8. The van der Waals surface area contributed by atoms with Crippen LogP contribution in [0.15, 0.2) is 60.7 Å². The van der Waals surface area contributed by atoms with Crippen LogP contribution in [0.25, 0.3) is 0 Å². The van der Waals surface area contributed by atoms with Crippen LogP contribution in [0.3, 0.4) is 0 Å². The second kappa shape index (κ2) is 7.41. The van der Waals surface area contributed by atoms with E-state index in [1.54, 1.807) is 53.3 Å². The molecule has 0 aliphatic rings. The van der Waals surface area contributed by atoms with E-state index >= 15 is 0 Å². The SMILES string of the molecule is O=C(CC(=O)NS(=O)(=O)Nc1ccccc1)Nc1ccccc1. The van der Waals surface area contributed by atoms with Crippen molar-refractivity contribution >= 4 is 33.4 Å². The normalized spacial score (nSPS) is 10.6. The molecule has 2 aromatic rings. The molecule has 0 fully saturated rings. The summed E-state index contributed by atoms with van der Waals surface area (Å²) in [4.78, 5) is 23.3. The van der Waals surface area contributed by atoms with Gasteiger partial charge in [-0.2, -0.15) is 8.42 Å². The molecular formula is C15H15N3O4S. The Kier molecular flexibility index (Phi) is 5.32. The molecule has 8 heteroatoms. The second-order valence-electron chi connectivity index (χ2n) is 4.59. The Balaban J connectivity index is 1.87. The maximum absolute atomic E-state index is 11.8. The van der Waals surface area contributed by atoms with Crippen molar-refractivity contribution in [3.63, 3.8) is 0 Å². The van der Waals surface area contributed by atoms with Gasteiger partial charge >= 0.3 is 10.2 Å². The van der Waals surface area contributed by atoms with Gasteiger partial charge in [0.05, 0.1) is 5.69 Å². The van der Waals surface area contributed by atoms with Crippen LogP contribution in [0.2, 0.25) is 0 Å². The van der Waals surface area contributed by atoms with Crippen LogP contribution in [0.1, 0.15) is 6.42 Å². The first-order valence-corrected chi connectivity index (χ1v) is 8.16. The van der Waals surface area contributed by atoms with Crippen LogP contribution < -0.4 is 14.8 Å². The molecule has 0 heterocycles. The number of benzene rings is 2. The van der Waals surface area contributed by atoms with Crippen LogP contribution in [0.4, 0.5) is 11.4 Å². The van der Waals surface area contributed by atoms with Crippen molar-refractivity contribution in [1.29, 1.82) is 0 Å². The van der Waals surface area contributed by atoms with Gasteiger partial charge in [0.25, 0.3) is 0 Å². The fourth-order valence-corrected chi connectivity index (χ4v) is 2.61. The summed E-state index contributed by atoms with van der Waals surface area (Å²) in [5.74, 6) is -1.54. The average molecular weight is 333 g/mol. The second-order valence-corrected chi connectivity index (χ2v) is 6.00. The van der Waals surface area contributed by atoms with E-state index in [2.05, 4.69) is 10.0 Å². The predicted molar refractivity (Wildman–Crippen MR) is 86.8 cm³/mol. The number of carbonyl (C=O) groups excluding carboxylic acids is 2. The van der Waals surface area contributed by atoms with Gasteiger partial charge in [-0.15, -0.1) is 0 Å². The molecule has 0 saturated heterocycles. The van der Waals surface area contributed by atoms with Gasteiger partial charge in [-0.3, -0.25) is 14.3 Å². The maximum Gasteiger partial charge on any atom is 0.323 e. The predicted octanol–water partition coefficient (Wildman–Crippen LogP) is 1.49. The topological polar surface area (TPSA) is 104 Å². The molecule has 3 N–H and O–H groups in total. The highest BCUT2D eigenvalue weighted by Crippen LogP contribution is 2.07. The molecule has 0 unspecified atom stereocenters. The minimum absolute atomic E-state index is 0.307. The zero-order valence-corrected chi connectivity index (χ0v) is 12.8. The van der Waals surface area contributed by atoms with Crippen molar-refractivity contribution in [2.45, 2.75) is 6.42 Å². The van der Waals surface area contributed by atoms with E-state index in [1.165, 1.54) is 12.1 Å². The first-order valence-electron chi connectivity index (χ1n) is 6.68. The molecule has 2 amide bonds. The summed E-state index contributed by atoms with van der Waals surface area (Å²) >= 11 is 0. The zero-order chi connectivity index (χ0) is 16.7. The molecular weight excluding hydrogens is 318 g/mol. The van der Waals surface area contributed by atoms with Gasteiger partial charge in [0.2, 0.25) is 11.8 Å². The van der Waals surface area contributed by atoms with Crippen LogP contribution in [0.5, 0.6) is 0 Å². The summed E-state index contributed by atoms with van der Waals surface area (Å²) in [5, 5.41) is 2.49. The molecule has 2 rings (SSSR count). The first-order chi connectivity index (χ1) is 10.9. The summed E-state index contributed by atoms with van der Waals surface area (Å²) in [6.45, 7) is 0. The van der Waals surface area contributed by atoms with Crippen LogP contribution in [-0.4, -0.2) is 20.2 Å². The molecule has 0 atom stereocenters. The lowest BCUT2D eigenvalue weighted by atomic mass is 10.3. The number of hydrogen-bond acceptors (Lipinski definition) is 4. The van der Waals surface area contributed by atoms with Crippen LogP contribution in [-0.2, 0) is 19.8 Å². The molecule has 0 spiro atoms. The zero-order valence-electron chi connectivity index (χ0n) is 12.0. The Labute approximate surface area is 133 Å². The summed E-state index contributed by atoms with van der Waals surface area (Å²) in [6, 6.07) is 16.6. The number of para-hydroxylation sites is 2. The Hall–Kier alpha value is -2.87. The van der Waals surface area contributed by atoms with E-state index in [0.717, 1.165) is 0 Å². The van der Waals surface area contributed by atoms with Crippen molar-refractivity contribution in [2.24, 2.45) is 0 Å². The lowest BCUT2D eigenvalue weighted by Gasteiger charge is -2.09. The Morgan fingerprint density at radius 2 is 1.30 bits per heavy atom. The van der Waals surface area contributed by atoms with Crippen molar-refractivity contribution < 1.29 is 18.0 Å². The number of amides is 2.